The highest BCUT2D eigenvalue weighted by Gasteiger charge is 2.23. The fraction of sp³-hybridized carbons (Fsp3) is 0.455. The second-order valence-corrected chi connectivity index (χ2v) is 10.00. The van der Waals surface area contributed by atoms with Crippen molar-refractivity contribution >= 4 is 21.8 Å². The van der Waals surface area contributed by atoms with E-state index in [0.29, 0.717) is 12.1 Å². The molecule has 2 aromatic rings. The Morgan fingerprint density at radius 1 is 1.23 bits per heavy atom. The van der Waals surface area contributed by atoms with Gasteiger partial charge >= 0.3 is 5.97 Å². The van der Waals surface area contributed by atoms with Crippen molar-refractivity contribution in [2.24, 2.45) is 0 Å². The Hall–Kier alpha value is -2.49. The van der Waals surface area contributed by atoms with Gasteiger partial charge in [-0.2, -0.15) is 0 Å². The molecule has 0 radical (unpaired) electrons. The molecule has 8 nitrogen and oxygen atoms in total. The molecule has 0 amide bonds. The molecule has 1 aliphatic heterocycles. The normalized spacial score (nSPS) is 16.6. The zero-order valence-corrected chi connectivity index (χ0v) is 19.1. The number of Topliss-reactive ketones (excluding diaryl/α,β-unsaturated/α-hetero) is 1. The van der Waals surface area contributed by atoms with Crippen LogP contribution in [0.1, 0.15) is 44.9 Å². The first kappa shape index (κ1) is 23.2. The van der Waals surface area contributed by atoms with E-state index in [1.165, 1.54) is 38.4 Å². The maximum absolute atomic E-state index is 12.7. The zero-order valence-electron chi connectivity index (χ0n) is 18.3. The highest BCUT2D eigenvalue weighted by molar-refractivity contribution is 7.89. The summed E-state index contributed by atoms with van der Waals surface area (Å²) in [5.74, 6) is -1.06. The van der Waals surface area contributed by atoms with Gasteiger partial charge < -0.3 is 14.0 Å². The maximum atomic E-state index is 12.7. The van der Waals surface area contributed by atoms with Gasteiger partial charge in [-0.1, -0.05) is 6.07 Å². The number of benzene rings is 1. The number of hydrogen-bond acceptors (Lipinski definition) is 6. The first-order chi connectivity index (χ1) is 14.6. The number of carbonyl (C=O) groups excluding carboxylic acids is 2. The quantitative estimate of drug-likeness (QED) is 0.455. The van der Waals surface area contributed by atoms with Crippen LogP contribution >= 0.6 is 0 Å². The molecule has 168 valence electrons. The molecule has 9 heteroatoms. The molecule has 1 atom stereocenters. The lowest BCUT2D eigenvalue weighted by Gasteiger charge is -2.14. The van der Waals surface area contributed by atoms with Gasteiger partial charge in [-0.15, -0.1) is 0 Å². The van der Waals surface area contributed by atoms with E-state index in [-0.39, 0.29) is 22.3 Å². The van der Waals surface area contributed by atoms with E-state index in [4.69, 9.17) is 9.47 Å². The van der Waals surface area contributed by atoms with Gasteiger partial charge in [0.25, 0.3) is 0 Å². The van der Waals surface area contributed by atoms with Gasteiger partial charge in [0.1, 0.15) is 0 Å². The maximum Gasteiger partial charge on any atom is 0.338 e. The van der Waals surface area contributed by atoms with Crippen LogP contribution in [0.5, 0.6) is 0 Å². The van der Waals surface area contributed by atoms with Crippen molar-refractivity contribution in [3.8, 4) is 0 Å². The van der Waals surface area contributed by atoms with Crippen molar-refractivity contribution in [3.63, 3.8) is 0 Å². The van der Waals surface area contributed by atoms with Crippen molar-refractivity contribution in [3.05, 3.63) is 52.8 Å². The van der Waals surface area contributed by atoms with E-state index in [2.05, 4.69) is 4.57 Å². The van der Waals surface area contributed by atoms with Crippen LogP contribution in [-0.4, -0.2) is 62.5 Å². The van der Waals surface area contributed by atoms with Gasteiger partial charge in [-0.25, -0.2) is 17.5 Å². The second-order valence-electron chi connectivity index (χ2n) is 7.85. The van der Waals surface area contributed by atoms with Crippen molar-refractivity contribution < 1.29 is 27.5 Å². The van der Waals surface area contributed by atoms with E-state index in [1.54, 1.807) is 6.07 Å². The van der Waals surface area contributed by atoms with Gasteiger partial charge in [0.05, 0.1) is 16.6 Å². The fourth-order valence-corrected chi connectivity index (χ4v) is 4.59. The molecular formula is C22H28N2O6S. The summed E-state index contributed by atoms with van der Waals surface area (Å²) in [7, 11) is -0.857. The van der Waals surface area contributed by atoms with Crippen LogP contribution < -0.4 is 0 Å². The number of ether oxygens (including phenoxy) is 2. The number of ketones is 1. The SMILES string of the molecule is Cc1cc(C(=O)COC(=O)c2cccc(S(=O)(=O)N(C)C)c2)c(C)n1CC1CCCO1. The second kappa shape index (κ2) is 9.33. The van der Waals surface area contributed by atoms with Gasteiger partial charge in [0.15, 0.2) is 6.61 Å². The first-order valence-electron chi connectivity index (χ1n) is 10.1. The molecule has 0 aliphatic carbocycles. The van der Waals surface area contributed by atoms with Crippen molar-refractivity contribution in [2.45, 2.75) is 44.2 Å². The number of aryl methyl sites for hydroxylation is 1. The minimum absolute atomic E-state index is 0.0176. The molecule has 0 spiro atoms. The Bertz CT molecular complexity index is 1080. The van der Waals surface area contributed by atoms with E-state index < -0.39 is 22.6 Å². The Morgan fingerprint density at radius 2 is 1.97 bits per heavy atom. The number of nitrogens with zero attached hydrogens (tertiary/aromatic N) is 2. The third-order valence-electron chi connectivity index (χ3n) is 5.47. The van der Waals surface area contributed by atoms with Crippen LogP contribution in [-0.2, 0) is 26.0 Å². The average molecular weight is 449 g/mol. The standard InChI is InChI=1S/C22H28N2O6S/c1-15-11-20(16(2)24(15)13-18-8-6-10-29-18)21(25)14-30-22(26)17-7-5-9-19(12-17)31(27,28)23(3)4/h5,7,9,11-12,18H,6,8,10,13-14H2,1-4H3. The van der Waals surface area contributed by atoms with Gasteiger partial charge in [-0.3, -0.25) is 4.79 Å². The minimum Gasteiger partial charge on any atom is -0.454 e. The van der Waals surface area contributed by atoms with Crippen LogP contribution in [0.4, 0.5) is 0 Å². The van der Waals surface area contributed by atoms with Crippen LogP contribution in [0.3, 0.4) is 0 Å². The summed E-state index contributed by atoms with van der Waals surface area (Å²) in [6, 6.07) is 7.36. The number of esters is 1. The summed E-state index contributed by atoms with van der Waals surface area (Å²) in [6.07, 6.45) is 2.19. The molecule has 0 saturated carbocycles. The van der Waals surface area contributed by atoms with Crippen molar-refractivity contribution in [1.82, 2.24) is 8.87 Å². The first-order valence-corrected chi connectivity index (χ1v) is 11.6. The molecule has 0 bridgehead atoms. The predicted molar refractivity (Wildman–Crippen MR) is 115 cm³/mol. The van der Waals surface area contributed by atoms with E-state index >= 15 is 0 Å². The summed E-state index contributed by atoms with van der Waals surface area (Å²) in [6.45, 7) is 4.84. The number of sulfonamides is 1. The monoisotopic (exact) mass is 448 g/mol. The number of aromatic nitrogens is 1. The molecule has 0 N–H and O–H groups in total. The van der Waals surface area contributed by atoms with Gasteiger partial charge in [-0.05, 0) is 51.0 Å². The lowest BCUT2D eigenvalue weighted by molar-refractivity contribution is 0.0474. The minimum atomic E-state index is -3.68. The molecule has 31 heavy (non-hydrogen) atoms. The largest absolute Gasteiger partial charge is 0.454 e. The molecule has 1 aliphatic rings. The molecule has 1 saturated heterocycles. The smallest absolute Gasteiger partial charge is 0.338 e. The summed E-state index contributed by atoms with van der Waals surface area (Å²) < 4.78 is 38.5. The summed E-state index contributed by atoms with van der Waals surface area (Å²) in [4.78, 5) is 25.1. The number of hydrogen-bond donors (Lipinski definition) is 0. The summed E-state index contributed by atoms with van der Waals surface area (Å²) in [5.41, 5.74) is 2.34. The molecular weight excluding hydrogens is 420 g/mol. The Morgan fingerprint density at radius 3 is 2.61 bits per heavy atom. The van der Waals surface area contributed by atoms with Crippen LogP contribution in [0, 0.1) is 13.8 Å². The lowest BCUT2D eigenvalue weighted by atomic mass is 10.1. The van der Waals surface area contributed by atoms with E-state index in [1.807, 2.05) is 13.8 Å². The Labute approximate surface area is 182 Å². The van der Waals surface area contributed by atoms with Gasteiger partial charge in [0, 0.05) is 44.2 Å². The predicted octanol–water partition coefficient (Wildman–Crippen LogP) is 2.57. The van der Waals surface area contributed by atoms with Crippen LogP contribution in [0.2, 0.25) is 0 Å². The fourth-order valence-electron chi connectivity index (χ4n) is 3.64. The highest BCUT2D eigenvalue weighted by Crippen LogP contribution is 2.21. The molecule has 3 rings (SSSR count). The van der Waals surface area contributed by atoms with Crippen LogP contribution in [0.15, 0.2) is 35.2 Å². The highest BCUT2D eigenvalue weighted by atomic mass is 32.2. The molecule has 1 aromatic carbocycles. The zero-order chi connectivity index (χ0) is 22.8. The topological polar surface area (TPSA) is 94.9 Å². The van der Waals surface area contributed by atoms with E-state index in [0.717, 1.165) is 35.1 Å². The van der Waals surface area contributed by atoms with Crippen molar-refractivity contribution in [1.29, 1.82) is 0 Å². The number of carbonyl (C=O) groups is 2. The van der Waals surface area contributed by atoms with Crippen molar-refractivity contribution in [2.75, 3.05) is 27.3 Å². The Kier molecular flexibility index (Phi) is 6.98. The number of rotatable bonds is 8. The third-order valence-corrected chi connectivity index (χ3v) is 7.28. The molecule has 1 fully saturated rings. The molecule has 2 heterocycles. The lowest BCUT2D eigenvalue weighted by Crippen LogP contribution is -2.22. The van der Waals surface area contributed by atoms with Gasteiger partial charge in [0.2, 0.25) is 15.8 Å². The molecule has 1 unspecified atom stereocenters. The van der Waals surface area contributed by atoms with E-state index in [9.17, 15) is 18.0 Å². The summed E-state index contributed by atoms with van der Waals surface area (Å²) >= 11 is 0. The average Bonchev–Trinajstić information content (AvgIpc) is 3.35. The van der Waals surface area contributed by atoms with Crippen LogP contribution in [0.25, 0.3) is 0 Å². The third kappa shape index (κ3) is 5.06. The molecule has 1 aromatic heterocycles. The Balaban J connectivity index is 1.68. The summed E-state index contributed by atoms with van der Waals surface area (Å²) in [5, 5.41) is 0.